The van der Waals surface area contributed by atoms with Crippen molar-refractivity contribution in [1.29, 1.82) is 0 Å². The third kappa shape index (κ3) is 2.23. The lowest BCUT2D eigenvalue weighted by molar-refractivity contribution is 0.00733. The Morgan fingerprint density at radius 3 is 3.06 bits per heavy atom. The third-order valence-electron chi connectivity index (χ3n) is 2.40. The Morgan fingerprint density at radius 2 is 2.44 bits per heavy atom. The highest BCUT2D eigenvalue weighted by atomic mass is 32.1. The van der Waals surface area contributed by atoms with E-state index in [0.29, 0.717) is 25.5 Å². The van der Waals surface area contributed by atoms with Crippen LogP contribution in [0.25, 0.3) is 0 Å². The standard InChI is InChI=1S/C10H12N2O3S/c11-9(16)8-6-12(3-5-15-8)10(13)7-2-1-4-14-7/h1-2,4,8H,3,5-6H2,(H2,11,16). The van der Waals surface area contributed by atoms with Gasteiger partial charge in [-0.2, -0.15) is 0 Å². The number of amides is 1. The van der Waals surface area contributed by atoms with Crippen LogP contribution in [-0.4, -0.2) is 41.6 Å². The molecule has 0 bridgehead atoms. The molecule has 0 saturated carbocycles. The number of hydrogen-bond donors (Lipinski definition) is 1. The number of carbonyl (C=O) groups is 1. The molecule has 0 radical (unpaired) electrons. The lowest BCUT2D eigenvalue weighted by Gasteiger charge is -2.31. The summed E-state index contributed by atoms with van der Waals surface area (Å²) >= 11 is 4.85. The number of nitrogens with zero attached hydrogens (tertiary/aromatic N) is 1. The van der Waals surface area contributed by atoms with Crippen LogP contribution < -0.4 is 5.73 Å². The van der Waals surface area contributed by atoms with Crippen molar-refractivity contribution in [2.45, 2.75) is 6.10 Å². The largest absolute Gasteiger partial charge is 0.459 e. The molecule has 0 spiro atoms. The molecule has 1 amide bonds. The Bertz CT molecular complexity index is 391. The molecule has 5 nitrogen and oxygen atoms in total. The molecule has 0 aromatic carbocycles. The number of ether oxygens (including phenoxy) is 1. The van der Waals surface area contributed by atoms with Crippen molar-refractivity contribution in [1.82, 2.24) is 4.90 Å². The second-order valence-electron chi connectivity index (χ2n) is 3.49. The van der Waals surface area contributed by atoms with Crippen molar-refractivity contribution in [2.75, 3.05) is 19.7 Å². The van der Waals surface area contributed by atoms with E-state index in [1.54, 1.807) is 17.0 Å². The molecule has 1 unspecified atom stereocenters. The zero-order valence-electron chi connectivity index (χ0n) is 8.59. The summed E-state index contributed by atoms with van der Waals surface area (Å²) in [7, 11) is 0. The van der Waals surface area contributed by atoms with Gasteiger partial charge in [0.2, 0.25) is 0 Å². The van der Waals surface area contributed by atoms with E-state index >= 15 is 0 Å². The van der Waals surface area contributed by atoms with Crippen LogP contribution >= 0.6 is 12.2 Å². The van der Waals surface area contributed by atoms with Gasteiger partial charge in [-0.3, -0.25) is 4.79 Å². The van der Waals surface area contributed by atoms with Crippen LogP contribution in [0.3, 0.4) is 0 Å². The zero-order chi connectivity index (χ0) is 11.5. The van der Waals surface area contributed by atoms with E-state index in [4.69, 9.17) is 27.1 Å². The number of thiocarbonyl (C=S) groups is 1. The van der Waals surface area contributed by atoms with Gasteiger partial charge in [0.15, 0.2) is 5.76 Å². The van der Waals surface area contributed by atoms with Gasteiger partial charge in [0, 0.05) is 6.54 Å². The first-order chi connectivity index (χ1) is 7.68. The predicted octanol–water partition coefficient (Wildman–Crippen LogP) is 0.407. The van der Waals surface area contributed by atoms with Gasteiger partial charge in [0.1, 0.15) is 11.1 Å². The smallest absolute Gasteiger partial charge is 0.289 e. The Hall–Kier alpha value is -1.40. The van der Waals surface area contributed by atoms with E-state index < -0.39 is 0 Å². The second-order valence-corrected chi connectivity index (χ2v) is 3.96. The second kappa shape index (κ2) is 4.63. The maximum absolute atomic E-state index is 11.9. The van der Waals surface area contributed by atoms with Gasteiger partial charge >= 0.3 is 0 Å². The summed E-state index contributed by atoms with van der Waals surface area (Å²) in [5, 5.41) is 0. The molecule has 16 heavy (non-hydrogen) atoms. The predicted molar refractivity (Wildman–Crippen MR) is 61.1 cm³/mol. The number of nitrogens with two attached hydrogens (primary N) is 1. The van der Waals surface area contributed by atoms with Gasteiger partial charge < -0.3 is 19.8 Å². The fourth-order valence-corrected chi connectivity index (χ4v) is 1.70. The molecular weight excluding hydrogens is 228 g/mol. The zero-order valence-corrected chi connectivity index (χ0v) is 9.40. The number of rotatable bonds is 2. The molecule has 1 aromatic rings. The molecule has 1 aliphatic rings. The number of morpholine rings is 1. The topological polar surface area (TPSA) is 68.7 Å². The van der Waals surface area contributed by atoms with E-state index in [9.17, 15) is 4.79 Å². The first-order valence-electron chi connectivity index (χ1n) is 4.92. The van der Waals surface area contributed by atoms with Crippen molar-refractivity contribution in [3.63, 3.8) is 0 Å². The molecule has 1 fully saturated rings. The van der Waals surface area contributed by atoms with Crippen LogP contribution in [0, 0.1) is 0 Å². The highest BCUT2D eigenvalue weighted by Crippen LogP contribution is 2.11. The molecule has 2 heterocycles. The van der Waals surface area contributed by atoms with Crippen molar-refractivity contribution < 1.29 is 13.9 Å². The first-order valence-corrected chi connectivity index (χ1v) is 5.33. The van der Waals surface area contributed by atoms with E-state index in [1.807, 2.05) is 0 Å². The van der Waals surface area contributed by atoms with Crippen molar-refractivity contribution >= 4 is 23.1 Å². The minimum atomic E-state index is -0.359. The Morgan fingerprint density at radius 1 is 1.62 bits per heavy atom. The average Bonchev–Trinajstić information content (AvgIpc) is 2.81. The molecule has 2 N–H and O–H groups in total. The maximum Gasteiger partial charge on any atom is 0.289 e. The van der Waals surface area contributed by atoms with E-state index in [1.165, 1.54) is 6.26 Å². The summed E-state index contributed by atoms with van der Waals surface area (Å²) in [4.78, 5) is 13.8. The van der Waals surface area contributed by atoms with E-state index in [-0.39, 0.29) is 17.0 Å². The minimum absolute atomic E-state index is 0.158. The van der Waals surface area contributed by atoms with Crippen LogP contribution in [0.2, 0.25) is 0 Å². The van der Waals surface area contributed by atoms with Crippen LogP contribution in [-0.2, 0) is 4.74 Å². The summed E-state index contributed by atoms with van der Waals surface area (Å²) < 4.78 is 10.4. The van der Waals surface area contributed by atoms with E-state index in [0.717, 1.165) is 0 Å². The number of hydrogen-bond acceptors (Lipinski definition) is 4. The summed E-state index contributed by atoms with van der Waals surface area (Å²) in [6.45, 7) is 1.35. The molecule has 2 rings (SSSR count). The van der Waals surface area contributed by atoms with Crippen LogP contribution in [0.4, 0.5) is 0 Å². The number of carbonyl (C=O) groups excluding carboxylic acids is 1. The molecule has 1 saturated heterocycles. The molecule has 86 valence electrons. The fraction of sp³-hybridized carbons (Fsp3) is 0.400. The van der Waals surface area contributed by atoms with Crippen molar-refractivity contribution in [3.8, 4) is 0 Å². The van der Waals surface area contributed by atoms with Gasteiger partial charge in [-0.25, -0.2) is 0 Å². The lowest BCUT2D eigenvalue weighted by atomic mass is 10.2. The van der Waals surface area contributed by atoms with Gasteiger partial charge in [-0.15, -0.1) is 0 Å². The Kier molecular flexibility index (Phi) is 3.21. The SMILES string of the molecule is NC(=S)C1CN(C(=O)c2ccco2)CCO1. The quantitative estimate of drug-likeness (QED) is 0.758. The Balaban J connectivity index is 2.05. The Labute approximate surface area is 98.1 Å². The van der Waals surface area contributed by atoms with E-state index in [2.05, 4.69) is 0 Å². The molecular formula is C10H12N2O3S. The molecule has 1 atom stereocenters. The highest BCUT2D eigenvalue weighted by molar-refractivity contribution is 7.80. The first kappa shape index (κ1) is 11.1. The maximum atomic E-state index is 11.9. The number of furan rings is 1. The average molecular weight is 240 g/mol. The normalized spacial score (nSPS) is 20.8. The highest BCUT2D eigenvalue weighted by Gasteiger charge is 2.27. The molecule has 1 aromatic heterocycles. The summed E-state index contributed by atoms with van der Waals surface area (Å²) in [6.07, 6.45) is 1.11. The van der Waals surface area contributed by atoms with Crippen LogP contribution in [0.15, 0.2) is 22.8 Å². The lowest BCUT2D eigenvalue weighted by Crippen LogP contribution is -2.49. The molecule has 1 aliphatic heterocycles. The third-order valence-corrected chi connectivity index (χ3v) is 2.67. The summed E-state index contributed by atoms with van der Waals surface area (Å²) in [5.41, 5.74) is 5.49. The van der Waals surface area contributed by atoms with Crippen molar-refractivity contribution in [3.05, 3.63) is 24.2 Å². The molecule has 0 aliphatic carbocycles. The summed E-state index contributed by atoms with van der Waals surface area (Å²) in [6, 6.07) is 3.31. The summed E-state index contributed by atoms with van der Waals surface area (Å²) in [5.74, 6) is 0.165. The minimum Gasteiger partial charge on any atom is -0.459 e. The van der Waals surface area contributed by atoms with Gasteiger partial charge in [-0.1, -0.05) is 12.2 Å². The van der Waals surface area contributed by atoms with Crippen molar-refractivity contribution in [2.24, 2.45) is 5.73 Å². The monoisotopic (exact) mass is 240 g/mol. The molecule has 6 heteroatoms. The van der Waals surface area contributed by atoms with Gasteiger partial charge in [0.05, 0.1) is 19.4 Å². The van der Waals surface area contributed by atoms with Gasteiger partial charge in [0.25, 0.3) is 5.91 Å². The fourth-order valence-electron chi connectivity index (χ4n) is 1.56. The van der Waals surface area contributed by atoms with Gasteiger partial charge in [-0.05, 0) is 12.1 Å². The van der Waals surface area contributed by atoms with Crippen LogP contribution in [0.1, 0.15) is 10.6 Å². The van der Waals surface area contributed by atoms with Crippen LogP contribution in [0.5, 0.6) is 0 Å².